The van der Waals surface area contributed by atoms with E-state index in [1.54, 1.807) is 0 Å². The number of para-hydroxylation sites is 2. The number of nitrogens with zero attached hydrogens (tertiary/aromatic N) is 1. The van der Waals surface area contributed by atoms with Crippen LogP contribution in [0.15, 0.2) is 72.8 Å². The molecule has 2 aliphatic heterocycles. The zero-order valence-electron chi connectivity index (χ0n) is 16.9. The van der Waals surface area contributed by atoms with Gasteiger partial charge in [0.1, 0.15) is 12.7 Å². The Morgan fingerprint density at radius 3 is 2.55 bits per heavy atom. The normalized spacial score (nSPS) is 20.0. The minimum absolute atomic E-state index is 0.140. The molecule has 0 amide bonds. The second-order valence-corrected chi connectivity index (χ2v) is 7.85. The van der Waals surface area contributed by atoms with Crippen molar-refractivity contribution in [2.75, 3.05) is 13.2 Å². The van der Waals surface area contributed by atoms with Crippen molar-refractivity contribution in [3.05, 3.63) is 95.1 Å². The second-order valence-electron chi connectivity index (χ2n) is 7.85. The Bertz CT molecular complexity index is 1080. The fraction of sp³-hybridized carbons (Fsp3) is 0.240. The van der Waals surface area contributed by atoms with Crippen LogP contribution in [0.3, 0.4) is 0 Å². The molecule has 0 fully saturated rings. The van der Waals surface area contributed by atoms with Crippen LogP contribution < -0.4 is 9.47 Å². The molecule has 0 radical (unpaired) electrons. The molecule has 0 saturated heterocycles. The number of carboxylic acid groups (broad SMARTS) is 1. The van der Waals surface area contributed by atoms with Gasteiger partial charge in [0.25, 0.3) is 0 Å². The summed E-state index contributed by atoms with van der Waals surface area (Å²) in [6, 6.07) is 23.9. The SMILES string of the molecule is O=C(O)OC1CN(Cc2ccc([C@H]3COc4ccccc4O3)cc2)Cc2ccccc21. The third kappa shape index (κ3) is 4.20. The molecule has 0 bridgehead atoms. The highest BCUT2D eigenvalue weighted by atomic mass is 16.7. The molecule has 0 aliphatic carbocycles. The van der Waals surface area contributed by atoms with Crippen molar-refractivity contribution < 1.29 is 24.1 Å². The summed E-state index contributed by atoms with van der Waals surface area (Å²) in [6.07, 6.45) is -1.86. The van der Waals surface area contributed by atoms with E-state index in [1.165, 1.54) is 0 Å². The molecule has 6 nitrogen and oxygen atoms in total. The topological polar surface area (TPSA) is 68.2 Å². The molecule has 0 aromatic heterocycles. The van der Waals surface area contributed by atoms with Gasteiger partial charge < -0.3 is 19.3 Å². The number of hydrogen-bond donors (Lipinski definition) is 1. The standard InChI is InChI=1S/C25H23NO5/c27-25(28)31-23-15-26(14-19-5-1-2-6-20(19)23)13-17-9-11-18(12-10-17)24-16-29-21-7-3-4-8-22(21)30-24/h1-12,23-24H,13-16H2,(H,27,28)/t23?,24-/m1/s1. The highest BCUT2D eigenvalue weighted by molar-refractivity contribution is 5.57. The van der Waals surface area contributed by atoms with Gasteiger partial charge in [-0.2, -0.15) is 0 Å². The molecule has 1 unspecified atom stereocenters. The minimum Gasteiger partial charge on any atom is -0.485 e. The summed E-state index contributed by atoms with van der Waals surface area (Å²) in [7, 11) is 0. The zero-order valence-corrected chi connectivity index (χ0v) is 16.9. The van der Waals surface area contributed by atoms with Gasteiger partial charge in [0.15, 0.2) is 17.6 Å². The van der Waals surface area contributed by atoms with E-state index in [9.17, 15) is 4.79 Å². The maximum atomic E-state index is 11.1. The predicted molar refractivity (Wildman–Crippen MR) is 114 cm³/mol. The van der Waals surface area contributed by atoms with E-state index in [-0.39, 0.29) is 6.10 Å². The average Bonchev–Trinajstić information content (AvgIpc) is 2.79. The summed E-state index contributed by atoms with van der Waals surface area (Å²) in [6.45, 7) is 2.47. The van der Waals surface area contributed by atoms with Crippen molar-refractivity contribution in [3.63, 3.8) is 0 Å². The Balaban J connectivity index is 1.27. The maximum Gasteiger partial charge on any atom is 0.506 e. The van der Waals surface area contributed by atoms with E-state index in [0.717, 1.165) is 40.3 Å². The number of carbonyl (C=O) groups is 1. The molecular weight excluding hydrogens is 394 g/mol. The molecule has 158 valence electrons. The first kappa shape index (κ1) is 19.5. The van der Waals surface area contributed by atoms with E-state index in [0.29, 0.717) is 19.7 Å². The van der Waals surface area contributed by atoms with Crippen LogP contribution in [0.1, 0.15) is 34.5 Å². The molecule has 31 heavy (non-hydrogen) atoms. The number of benzene rings is 3. The third-order valence-electron chi connectivity index (χ3n) is 5.73. The van der Waals surface area contributed by atoms with Gasteiger partial charge in [-0.3, -0.25) is 4.90 Å². The van der Waals surface area contributed by atoms with Crippen molar-refractivity contribution in [1.29, 1.82) is 0 Å². The van der Waals surface area contributed by atoms with Crippen LogP contribution >= 0.6 is 0 Å². The van der Waals surface area contributed by atoms with Crippen LogP contribution in [0.25, 0.3) is 0 Å². The Kier molecular flexibility index (Phi) is 5.22. The Morgan fingerprint density at radius 1 is 1.00 bits per heavy atom. The molecule has 1 N–H and O–H groups in total. The lowest BCUT2D eigenvalue weighted by atomic mass is 9.96. The first-order valence-electron chi connectivity index (χ1n) is 10.3. The highest BCUT2D eigenvalue weighted by Crippen LogP contribution is 2.36. The summed E-state index contributed by atoms with van der Waals surface area (Å²) >= 11 is 0. The highest BCUT2D eigenvalue weighted by Gasteiger charge is 2.28. The van der Waals surface area contributed by atoms with Crippen molar-refractivity contribution in [2.24, 2.45) is 0 Å². The Hall–Kier alpha value is -3.51. The molecule has 2 heterocycles. The Morgan fingerprint density at radius 2 is 1.74 bits per heavy atom. The van der Waals surface area contributed by atoms with Crippen molar-refractivity contribution in [2.45, 2.75) is 25.3 Å². The van der Waals surface area contributed by atoms with Crippen LogP contribution in [-0.2, 0) is 17.8 Å². The van der Waals surface area contributed by atoms with Crippen molar-refractivity contribution in [1.82, 2.24) is 4.90 Å². The first-order valence-corrected chi connectivity index (χ1v) is 10.3. The summed E-state index contributed by atoms with van der Waals surface area (Å²) in [5, 5.41) is 9.12. The first-order chi connectivity index (χ1) is 15.2. The molecule has 3 aromatic rings. The molecular formula is C25H23NO5. The molecule has 3 aromatic carbocycles. The van der Waals surface area contributed by atoms with Crippen molar-refractivity contribution in [3.8, 4) is 11.5 Å². The lowest BCUT2D eigenvalue weighted by molar-refractivity contribution is 0.0223. The lowest BCUT2D eigenvalue weighted by Gasteiger charge is -2.33. The van der Waals surface area contributed by atoms with Gasteiger partial charge in [0.2, 0.25) is 0 Å². The number of ether oxygens (including phenoxy) is 3. The van der Waals surface area contributed by atoms with Crippen LogP contribution in [-0.4, -0.2) is 29.3 Å². The molecule has 0 saturated carbocycles. The minimum atomic E-state index is -1.25. The molecule has 2 atom stereocenters. The zero-order chi connectivity index (χ0) is 21.2. The van der Waals surface area contributed by atoms with Crippen LogP contribution in [0, 0.1) is 0 Å². The van der Waals surface area contributed by atoms with Gasteiger partial charge in [0.05, 0.1) is 0 Å². The molecule has 2 aliphatic rings. The van der Waals surface area contributed by atoms with Crippen LogP contribution in [0.4, 0.5) is 4.79 Å². The van der Waals surface area contributed by atoms with E-state index in [1.807, 2.05) is 48.5 Å². The van der Waals surface area contributed by atoms with Crippen molar-refractivity contribution >= 4 is 6.16 Å². The average molecular weight is 417 g/mol. The van der Waals surface area contributed by atoms with Gasteiger partial charge in [0, 0.05) is 19.6 Å². The van der Waals surface area contributed by atoms with E-state index in [2.05, 4.69) is 29.2 Å². The third-order valence-corrected chi connectivity index (χ3v) is 5.73. The largest absolute Gasteiger partial charge is 0.506 e. The summed E-state index contributed by atoms with van der Waals surface area (Å²) in [5.41, 5.74) is 4.26. The monoisotopic (exact) mass is 417 g/mol. The van der Waals surface area contributed by atoms with Crippen LogP contribution in [0.5, 0.6) is 11.5 Å². The lowest BCUT2D eigenvalue weighted by Crippen LogP contribution is -2.35. The fourth-order valence-corrected chi connectivity index (χ4v) is 4.25. The second kappa shape index (κ2) is 8.32. The van der Waals surface area contributed by atoms with E-state index < -0.39 is 12.3 Å². The maximum absolute atomic E-state index is 11.1. The quantitative estimate of drug-likeness (QED) is 0.606. The molecule has 0 spiro atoms. The smallest absolute Gasteiger partial charge is 0.485 e. The number of fused-ring (bicyclic) bond motifs is 2. The van der Waals surface area contributed by atoms with Gasteiger partial charge in [-0.15, -0.1) is 0 Å². The summed E-state index contributed by atoms with van der Waals surface area (Å²) in [5.74, 6) is 1.54. The fourth-order valence-electron chi connectivity index (χ4n) is 4.25. The molecule has 5 rings (SSSR count). The molecule has 6 heteroatoms. The van der Waals surface area contributed by atoms with Gasteiger partial charge >= 0.3 is 6.16 Å². The van der Waals surface area contributed by atoms with Crippen LogP contribution in [0.2, 0.25) is 0 Å². The summed E-state index contributed by atoms with van der Waals surface area (Å²) < 4.78 is 17.1. The Labute approximate surface area is 180 Å². The van der Waals surface area contributed by atoms with E-state index >= 15 is 0 Å². The number of rotatable bonds is 4. The predicted octanol–water partition coefficient (Wildman–Crippen LogP) is 4.95. The summed E-state index contributed by atoms with van der Waals surface area (Å²) in [4.78, 5) is 13.4. The van der Waals surface area contributed by atoms with Gasteiger partial charge in [-0.05, 0) is 34.4 Å². The van der Waals surface area contributed by atoms with Gasteiger partial charge in [-0.25, -0.2) is 4.79 Å². The van der Waals surface area contributed by atoms with E-state index in [4.69, 9.17) is 19.3 Å². The van der Waals surface area contributed by atoms with Gasteiger partial charge in [-0.1, -0.05) is 60.7 Å². The number of hydrogen-bond acceptors (Lipinski definition) is 5.